The van der Waals surface area contributed by atoms with Crippen molar-refractivity contribution in [3.05, 3.63) is 69.2 Å². The van der Waals surface area contributed by atoms with Gasteiger partial charge in [-0.2, -0.15) is 0 Å². The number of carbonyl (C=O) groups is 1. The zero-order valence-corrected chi connectivity index (χ0v) is 14.9. The Morgan fingerprint density at radius 3 is 2.62 bits per heavy atom. The van der Waals surface area contributed by atoms with Crippen molar-refractivity contribution in [3.8, 4) is 0 Å². The van der Waals surface area contributed by atoms with E-state index in [-0.39, 0.29) is 6.04 Å². The van der Waals surface area contributed by atoms with Crippen LogP contribution in [0.4, 0.5) is 0 Å². The first-order chi connectivity index (χ1) is 11.5. The number of carboxylic acids is 1. The second kappa shape index (κ2) is 7.14. The predicted octanol–water partition coefficient (Wildman–Crippen LogP) is 4.94. The lowest BCUT2D eigenvalue weighted by atomic mass is 9.93. The summed E-state index contributed by atoms with van der Waals surface area (Å²) in [6, 6.07) is 13.0. The largest absolute Gasteiger partial charge is 0.480 e. The van der Waals surface area contributed by atoms with Crippen LogP contribution < -0.4 is 0 Å². The van der Waals surface area contributed by atoms with Crippen LogP contribution in [-0.4, -0.2) is 28.6 Å². The van der Waals surface area contributed by atoms with Crippen molar-refractivity contribution >= 4 is 29.2 Å². The molecule has 2 unspecified atom stereocenters. The van der Waals surface area contributed by atoms with Crippen molar-refractivity contribution in [3.63, 3.8) is 0 Å². The van der Waals surface area contributed by atoms with Gasteiger partial charge in [0.25, 0.3) is 0 Å². The minimum absolute atomic E-state index is 0.149. The maximum Gasteiger partial charge on any atom is 0.320 e. The Labute approximate surface area is 151 Å². The van der Waals surface area contributed by atoms with Crippen LogP contribution in [0, 0.1) is 6.92 Å². The van der Waals surface area contributed by atoms with E-state index in [2.05, 4.69) is 11.0 Å². The Kier molecular flexibility index (Phi) is 5.14. The Bertz CT molecular complexity index is 763. The molecule has 5 heteroatoms. The molecule has 1 N–H and O–H groups in total. The van der Waals surface area contributed by atoms with E-state index in [1.165, 1.54) is 0 Å². The highest BCUT2D eigenvalue weighted by molar-refractivity contribution is 6.42. The van der Waals surface area contributed by atoms with Gasteiger partial charge in [0.05, 0.1) is 16.1 Å². The standard InChI is InChI=1S/C19H19Cl2NO2/c1-12-5-2-3-6-14(12)18(13-8-9-15(20)16(21)11-13)22-10-4-7-17(22)19(23)24/h2-3,5-6,8-9,11,17-18H,4,7,10H2,1H3,(H,23,24). The average molecular weight is 364 g/mol. The number of likely N-dealkylation sites (tertiary alicyclic amines) is 1. The zero-order valence-electron chi connectivity index (χ0n) is 13.4. The summed E-state index contributed by atoms with van der Waals surface area (Å²) in [6.07, 6.45) is 1.54. The number of rotatable bonds is 4. The Morgan fingerprint density at radius 1 is 1.21 bits per heavy atom. The van der Waals surface area contributed by atoms with Crippen molar-refractivity contribution < 1.29 is 9.90 Å². The molecule has 0 aromatic heterocycles. The molecule has 2 aromatic carbocycles. The van der Waals surface area contributed by atoms with Crippen molar-refractivity contribution in [2.75, 3.05) is 6.54 Å². The maximum absolute atomic E-state index is 11.7. The fraction of sp³-hybridized carbons (Fsp3) is 0.316. The number of benzene rings is 2. The van der Waals surface area contributed by atoms with Crippen molar-refractivity contribution in [2.45, 2.75) is 31.8 Å². The number of carboxylic acid groups (broad SMARTS) is 1. The first kappa shape index (κ1) is 17.3. The van der Waals surface area contributed by atoms with Crippen LogP contribution in [0.2, 0.25) is 10.0 Å². The second-order valence-electron chi connectivity index (χ2n) is 6.17. The van der Waals surface area contributed by atoms with Gasteiger partial charge in [-0.05, 0) is 48.6 Å². The molecule has 2 atom stereocenters. The summed E-state index contributed by atoms with van der Waals surface area (Å²) in [6.45, 7) is 2.79. The van der Waals surface area contributed by atoms with Gasteiger partial charge in [0, 0.05) is 6.54 Å². The van der Waals surface area contributed by atoms with Gasteiger partial charge in [0.15, 0.2) is 0 Å². The van der Waals surface area contributed by atoms with Gasteiger partial charge in [-0.1, -0.05) is 53.5 Å². The molecule has 126 valence electrons. The van der Waals surface area contributed by atoms with Gasteiger partial charge in [-0.15, -0.1) is 0 Å². The molecule has 0 saturated carbocycles. The smallest absolute Gasteiger partial charge is 0.320 e. The monoisotopic (exact) mass is 363 g/mol. The third-order valence-corrected chi connectivity index (χ3v) is 5.39. The predicted molar refractivity (Wildman–Crippen MR) is 96.8 cm³/mol. The van der Waals surface area contributed by atoms with Crippen LogP contribution >= 0.6 is 23.2 Å². The van der Waals surface area contributed by atoms with E-state index in [9.17, 15) is 9.90 Å². The highest BCUT2D eigenvalue weighted by Gasteiger charge is 2.37. The van der Waals surface area contributed by atoms with Crippen LogP contribution in [0.5, 0.6) is 0 Å². The molecule has 1 aliphatic heterocycles. The minimum atomic E-state index is -0.772. The van der Waals surface area contributed by atoms with Crippen molar-refractivity contribution in [1.82, 2.24) is 4.90 Å². The zero-order chi connectivity index (χ0) is 17.3. The minimum Gasteiger partial charge on any atom is -0.480 e. The number of aryl methyl sites for hydroxylation is 1. The average Bonchev–Trinajstić information content (AvgIpc) is 3.02. The molecule has 3 nitrogen and oxygen atoms in total. The van der Waals surface area contributed by atoms with E-state index < -0.39 is 12.0 Å². The number of hydrogen-bond donors (Lipinski definition) is 1. The molecule has 0 bridgehead atoms. The lowest BCUT2D eigenvalue weighted by Crippen LogP contribution is -2.39. The summed E-state index contributed by atoms with van der Waals surface area (Å²) in [5, 5.41) is 10.6. The molecule has 0 spiro atoms. The molecule has 1 aliphatic rings. The summed E-state index contributed by atoms with van der Waals surface area (Å²) >= 11 is 12.3. The van der Waals surface area contributed by atoms with Crippen molar-refractivity contribution in [1.29, 1.82) is 0 Å². The molecule has 2 aromatic rings. The van der Waals surface area contributed by atoms with E-state index in [1.807, 2.05) is 37.3 Å². The quantitative estimate of drug-likeness (QED) is 0.835. The summed E-state index contributed by atoms with van der Waals surface area (Å²) in [5.41, 5.74) is 3.19. The van der Waals surface area contributed by atoms with E-state index in [1.54, 1.807) is 6.07 Å². The normalized spacial score (nSPS) is 19.4. The number of halogens is 2. The maximum atomic E-state index is 11.7. The van der Waals surface area contributed by atoms with E-state index in [4.69, 9.17) is 23.2 Å². The molecular weight excluding hydrogens is 345 g/mol. The lowest BCUT2D eigenvalue weighted by Gasteiger charge is -2.33. The molecule has 24 heavy (non-hydrogen) atoms. The van der Waals surface area contributed by atoms with Gasteiger partial charge < -0.3 is 5.11 Å². The lowest BCUT2D eigenvalue weighted by molar-refractivity contribution is -0.142. The van der Waals surface area contributed by atoms with Crippen molar-refractivity contribution in [2.24, 2.45) is 0 Å². The fourth-order valence-electron chi connectivity index (χ4n) is 3.49. The third kappa shape index (κ3) is 3.30. The van der Waals surface area contributed by atoms with E-state index in [0.29, 0.717) is 16.5 Å². The van der Waals surface area contributed by atoms with Crippen LogP contribution in [0.15, 0.2) is 42.5 Å². The Morgan fingerprint density at radius 2 is 1.96 bits per heavy atom. The SMILES string of the molecule is Cc1ccccc1C(c1ccc(Cl)c(Cl)c1)N1CCCC1C(=O)O. The van der Waals surface area contributed by atoms with Gasteiger partial charge in [-0.25, -0.2) is 0 Å². The van der Waals surface area contributed by atoms with Crippen LogP contribution in [0.1, 0.15) is 35.6 Å². The summed E-state index contributed by atoms with van der Waals surface area (Å²) in [5.74, 6) is -0.772. The molecular formula is C19H19Cl2NO2. The number of nitrogens with zero attached hydrogens (tertiary/aromatic N) is 1. The summed E-state index contributed by atoms with van der Waals surface area (Å²) < 4.78 is 0. The molecule has 1 heterocycles. The fourth-order valence-corrected chi connectivity index (χ4v) is 3.80. The first-order valence-electron chi connectivity index (χ1n) is 7.98. The molecule has 0 radical (unpaired) electrons. The first-order valence-corrected chi connectivity index (χ1v) is 8.73. The van der Waals surface area contributed by atoms with Gasteiger partial charge in [0.2, 0.25) is 0 Å². The van der Waals surface area contributed by atoms with Gasteiger partial charge in [-0.3, -0.25) is 9.69 Å². The summed E-state index contributed by atoms with van der Waals surface area (Å²) in [7, 11) is 0. The van der Waals surface area contributed by atoms with Gasteiger partial charge >= 0.3 is 5.97 Å². The van der Waals surface area contributed by atoms with Crippen LogP contribution in [-0.2, 0) is 4.79 Å². The topological polar surface area (TPSA) is 40.5 Å². The van der Waals surface area contributed by atoms with E-state index >= 15 is 0 Å². The van der Waals surface area contributed by atoms with Crippen LogP contribution in [0.25, 0.3) is 0 Å². The molecule has 3 rings (SSSR count). The van der Waals surface area contributed by atoms with E-state index in [0.717, 1.165) is 29.7 Å². The highest BCUT2D eigenvalue weighted by atomic mass is 35.5. The molecule has 1 saturated heterocycles. The Hall–Kier alpha value is -1.55. The number of hydrogen-bond acceptors (Lipinski definition) is 2. The second-order valence-corrected chi connectivity index (χ2v) is 6.98. The number of aliphatic carboxylic acids is 1. The molecule has 0 amide bonds. The van der Waals surface area contributed by atoms with Crippen LogP contribution in [0.3, 0.4) is 0 Å². The Balaban J connectivity index is 2.12. The molecule has 1 fully saturated rings. The summed E-state index contributed by atoms with van der Waals surface area (Å²) in [4.78, 5) is 13.8. The van der Waals surface area contributed by atoms with Gasteiger partial charge in [0.1, 0.15) is 6.04 Å². The molecule has 0 aliphatic carbocycles. The highest BCUT2D eigenvalue weighted by Crippen LogP contribution is 2.38. The third-order valence-electron chi connectivity index (χ3n) is 4.65.